The minimum atomic E-state index is -0.744. The second-order valence-electron chi connectivity index (χ2n) is 2.74. The van der Waals surface area contributed by atoms with Gasteiger partial charge in [0.15, 0.2) is 6.73 Å². The molecule has 0 aliphatic heterocycles. The number of hydrogen-bond donors (Lipinski definition) is 2. The number of aliphatic hydroxyl groups is 2. The van der Waals surface area contributed by atoms with Crippen LogP contribution in [-0.2, 0) is 11.5 Å². The van der Waals surface area contributed by atoms with Crippen molar-refractivity contribution in [3.63, 3.8) is 0 Å². The third-order valence-corrected chi connectivity index (χ3v) is 1.71. The quantitative estimate of drug-likeness (QED) is 0.472. The van der Waals surface area contributed by atoms with Crippen molar-refractivity contribution in [2.24, 2.45) is 0 Å². The third-order valence-electron chi connectivity index (χ3n) is 1.71. The zero-order valence-electron chi connectivity index (χ0n) is 7.81. The van der Waals surface area contributed by atoms with E-state index in [9.17, 15) is 10.1 Å². The van der Waals surface area contributed by atoms with Gasteiger partial charge in [0.2, 0.25) is 0 Å². The standard InChI is InChI=1S/C7H11N3O5/c11-3-6(4-12)15-5-9-2-1-8-7(9)10(13)14/h1-2,6,11-12H,3-5H2. The molecule has 1 rings (SSSR count). The fourth-order valence-electron chi connectivity index (χ4n) is 0.923. The van der Waals surface area contributed by atoms with Crippen molar-refractivity contribution in [1.82, 2.24) is 9.55 Å². The Hall–Kier alpha value is -1.51. The first-order valence-electron chi connectivity index (χ1n) is 4.18. The molecular formula is C7H11N3O5. The Balaban J connectivity index is 2.57. The molecule has 1 aromatic rings. The van der Waals surface area contributed by atoms with Crippen molar-refractivity contribution in [3.8, 4) is 0 Å². The Bertz CT molecular complexity index is 322. The Kier molecular flexibility index (Phi) is 4.16. The van der Waals surface area contributed by atoms with Gasteiger partial charge < -0.3 is 25.1 Å². The maximum absolute atomic E-state index is 10.4. The number of hydrogen-bond acceptors (Lipinski definition) is 6. The highest BCUT2D eigenvalue weighted by atomic mass is 16.6. The summed E-state index contributed by atoms with van der Waals surface area (Å²) < 4.78 is 6.16. The summed E-state index contributed by atoms with van der Waals surface area (Å²) in [6, 6.07) is 0. The van der Waals surface area contributed by atoms with E-state index in [1.54, 1.807) is 0 Å². The van der Waals surface area contributed by atoms with Crippen LogP contribution < -0.4 is 0 Å². The van der Waals surface area contributed by atoms with Gasteiger partial charge in [-0.15, -0.1) is 0 Å². The molecule has 0 unspecified atom stereocenters. The Labute approximate surface area is 84.9 Å². The van der Waals surface area contributed by atoms with Gasteiger partial charge in [-0.25, -0.2) is 4.57 Å². The van der Waals surface area contributed by atoms with E-state index in [1.165, 1.54) is 12.4 Å². The second kappa shape index (κ2) is 5.39. The van der Waals surface area contributed by atoms with E-state index in [0.717, 1.165) is 4.57 Å². The Morgan fingerprint density at radius 2 is 2.27 bits per heavy atom. The molecule has 2 N–H and O–H groups in total. The fourth-order valence-corrected chi connectivity index (χ4v) is 0.923. The molecule has 0 aliphatic rings. The van der Waals surface area contributed by atoms with Crippen LogP contribution in [0.3, 0.4) is 0 Å². The highest BCUT2D eigenvalue weighted by Gasteiger charge is 2.15. The summed E-state index contributed by atoms with van der Waals surface area (Å²) in [5.74, 6) is -0.343. The van der Waals surface area contributed by atoms with Crippen molar-refractivity contribution in [3.05, 3.63) is 22.5 Å². The summed E-state index contributed by atoms with van der Waals surface area (Å²) in [6.07, 6.45) is 1.91. The molecule has 0 aromatic carbocycles. The van der Waals surface area contributed by atoms with Gasteiger partial charge in [0.05, 0.1) is 13.2 Å². The lowest BCUT2D eigenvalue weighted by Crippen LogP contribution is -2.23. The van der Waals surface area contributed by atoms with E-state index >= 15 is 0 Å². The van der Waals surface area contributed by atoms with Crippen LogP contribution in [0.25, 0.3) is 0 Å². The zero-order valence-corrected chi connectivity index (χ0v) is 7.81. The maximum Gasteiger partial charge on any atom is 0.436 e. The van der Waals surface area contributed by atoms with Crippen LogP contribution in [-0.4, -0.2) is 44.0 Å². The molecule has 84 valence electrons. The third kappa shape index (κ3) is 2.98. The molecule has 0 aliphatic carbocycles. The van der Waals surface area contributed by atoms with E-state index in [0.29, 0.717) is 0 Å². The minimum Gasteiger partial charge on any atom is -0.394 e. The van der Waals surface area contributed by atoms with Gasteiger partial charge in [0, 0.05) is 0 Å². The number of imidazole rings is 1. The average molecular weight is 217 g/mol. The first-order chi connectivity index (χ1) is 7.19. The minimum absolute atomic E-state index is 0.137. The van der Waals surface area contributed by atoms with Gasteiger partial charge in [-0.05, 0) is 4.92 Å². The number of aliphatic hydroxyl groups excluding tert-OH is 2. The van der Waals surface area contributed by atoms with Gasteiger partial charge in [0.1, 0.15) is 18.5 Å². The number of nitro groups is 1. The second-order valence-corrected chi connectivity index (χ2v) is 2.74. The molecule has 0 radical (unpaired) electrons. The summed E-state index contributed by atoms with van der Waals surface area (Å²) >= 11 is 0. The summed E-state index contributed by atoms with van der Waals surface area (Å²) in [7, 11) is 0. The largest absolute Gasteiger partial charge is 0.436 e. The molecule has 1 aromatic heterocycles. The van der Waals surface area contributed by atoms with Gasteiger partial charge in [0.25, 0.3) is 0 Å². The van der Waals surface area contributed by atoms with Gasteiger partial charge in [-0.3, -0.25) is 0 Å². The van der Waals surface area contributed by atoms with E-state index in [-0.39, 0.29) is 25.9 Å². The molecular weight excluding hydrogens is 206 g/mol. The molecule has 0 atom stereocenters. The number of aromatic nitrogens is 2. The molecule has 0 amide bonds. The topological polar surface area (TPSA) is 111 Å². The summed E-state index contributed by atoms with van der Waals surface area (Å²) in [4.78, 5) is 13.3. The molecule has 0 fully saturated rings. The highest BCUT2D eigenvalue weighted by Crippen LogP contribution is 2.07. The summed E-state index contributed by atoms with van der Waals surface area (Å²) in [5.41, 5.74) is 0. The van der Waals surface area contributed by atoms with Crippen LogP contribution in [0.4, 0.5) is 5.95 Å². The molecule has 0 saturated heterocycles. The lowest BCUT2D eigenvalue weighted by atomic mass is 10.4. The SMILES string of the molecule is O=[N+]([O-])c1nccn1COC(CO)CO. The fraction of sp³-hybridized carbons (Fsp3) is 0.571. The first-order valence-corrected chi connectivity index (χ1v) is 4.18. The molecule has 0 bridgehead atoms. The predicted molar refractivity (Wildman–Crippen MR) is 47.9 cm³/mol. The van der Waals surface area contributed by atoms with E-state index < -0.39 is 11.0 Å². The molecule has 1 heterocycles. The molecule has 15 heavy (non-hydrogen) atoms. The van der Waals surface area contributed by atoms with E-state index in [2.05, 4.69) is 4.98 Å². The number of rotatable bonds is 6. The van der Waals surface area contributed by atoms with Crippen LogP contribution in [0.2, 0.25) is 0 Å². The van der Waals surface area contributed by atoms with Crippen LogP contribution in [0.1, 0.15) is 0 Å². The van der Waals surface area contributed by atoms with Crippen molar-refractivity contribution in [2.45, 2.75) is 12.8 Å². The van der Waals surface area contributed by atoms with Crippen molar-refractivity contribution < 1.29 is 19.9 Å². The van der Waals surface area contributed by atoms with Crippen LogP contribution >= 0.6 is 0 Å². The number of nitrogens with zero attached hydrogens (tertiary/aromatic N) is 3. The molecule has 8 heteroatoms. The average Bonchev–Trinajstić information content (AvgIpc) is 2.67. The monoisotopic (exact) mass is 217 g/mol. The maximum atomic E-state index is 10.4. The molecule has 8 nitrogen and oxygen atoms in total. The molecule has 0 saturated carbocycles. The highest BCUT2D eigenvalue weighted by molar-refractivity contribution is 5.05. The summed E-state index contributed by atoms with van der Waals surface area (Å²) in [6.45, 7) is -0.833. The van der Waals surface area contributed by atoms with Crippen molar-refractivity contribution in [2.75, 3.05) is 13.2 Å². The van der Waals surface area contributed by atoms with Crippen molar-refractivity contribution in [1.29, 1.82) is 0 Å². The van der Waals surface area contributed by atoms with E-state index in [1.807, 2.05) is 0 Å². The lowest BCUT2D eigenvalue weighted by Gasteiger charge is -2.11. The van der Waals surface area contributed by atoms with Crippen molar-refractivity contribution >= 4 is 5.95 Å². The normalized spacial score (nSPS) is 10.9. The Morgan fingerprint density at radius 3 is 2.80 bits per heavy atom. The zero-order chi connectivity index (χ0) is 11.3. The lowest BCUT2D eigenvalue weighted by molar-refractivity contribution is -0.397. The van der Waals surface area contributed by atoms with Gasteiger partial charge in [-0.1, -0.05) is 4.98 Å². The van der Waals surface area contributed by atoms with Crippen LogP contribution in [0.15, 0.2) is 12.4 Å². The van der Waals surface area contributed by atoms with Gasteiger partial charge >= 0.3 is 5.95 Å². The molecule has 0 spiro atoms. The van der Waals surface area contributed by atoms with Crippen LogP contribution in [0.5, 0.6) is 0 Å². The van der Waals surface area contributed by atoms with Crippen LogP contribution in [0, 0.1) is 10.1 Å². The predicted octanol–water partition coefficient (Wildman–Crippen LogP) is -0.881. The van der Waals surface area contributed by atoms with E-state index in [4.69, 9.17) is 14.9 Å². The Morgan fingerprint density at radius 1 is 1.60 bits per heavy atom. The van der Waals surface area contributed by atoms with Gasteiger partial charge in [-0.2, -0.15) is 0 Å². The smallest absolute Gasteiger partial charge is 0.394 e. The summed E-state index contributed by atoms with van der Waals surface area (Å²) in [5, 5.41) is 27.8. The first kappa shape index (κ1) is 11.6. The number of ether oxygens (including phenoxy) is 1.